The van der Waals surface area contributed by atoms with Gasteiger partial charge in [0.25, 0.3) is 10.0 Å². The van der Waals surface area contributed by atoms with E-state index in [2.05, 4.69) is 5.32 Å². The molecule has 0 spiro atoms. The summed E-state index contributed by atoms with van der Waals surface area (Å²) < 4.78 is 71.6. The molecule has 0 radical (unpaired) electrons. The highest BCUT2D eigenvalue weighted by atomic mass is 32.2. The van der Waals surface area contributed by atoms with Crippen molar-refractivity contribution in [3.05, 3.63) is 72.8 Å². The quantitative estimate of drug-likeness (QED) is 0.390. The molecule has 208 valence electrons. The largest absolute Gasteiger partial charge is 0.497 e. The van der Waals surface area contributed by atoms with Crippen molar-refractivity contribution in [2.45, 2.75) is 9.79 Å². The molecule has 0 aliphatic carbocycles. The van der Waals surface area contributed by atoms with Gasteiger partial charge < -0.3 is 19.5 Å². The van der Waals surface area contributed by atoms with E-state index >= 15 is 0 Å². The third kappa shape index (κ3) is 6.33. The molecule has 11 nitrogen and oxygen atoms in total. The molecule has 0 unspecified atom stereocenters. The van der Waals surface area contributed by atoms with E-state index in [0.717, 1.165) is 4.31 Å². The van der Waals surface area contributed by atoms with E-state index in [1.807, 2.05) is 0 Å². The van der Waals surface area contributed by atoms with Crippen molar-refractivity contribution in [1.82, 2.24) is 4.31 Å². The number of nitrogens with one attached hydrogen (secondary N) is 1. The van der Waals surface area contributed by atoms with E-state index in [1.165, 1.54) is 61.0 Å². The summed E-state index contributed by atoms with van der Waals surface area (Å²) >= 11 is 0. The smallest absolute Gasteiger partial charge is 0.264 e. The van der Waals surface area contributed by atoms with Gasteiger partial charge in [0.1, 0.15) is 22.9 Å². The molecule has 4 rings (SSSR count). The van der Waals surface area contributed by atoms with E-state index in [1.54, 1.807) is 30.3 Å². The number of nitrogens with zero attached hydrogens (tertiary/aromatic N) is 2. The number of benzene rings is 3. The fraction of sp³-hybridized carbons (Fsp3) is 0.269. The molecule has 3 aromatic carbocycles. The van der Waals surface area contributed by atoms with Gasteiger partial charge in [-0.15, -0.1) is 0 Å². The number of hydrogen-bond donors (Lipinski definition) is 1. The summed E-state index contributed by atoms with van der Waals surface area (Å²) in [6.07, 6.45) is 0. The number of ether oxygens (including phenoxy) is 3. The van der Waals surface area contributed by atoms with Crippen LogP contribution in [0.4, 0.5) is 11.4 Å². The second-order valence-corrected chi connectivity index (χ2v) is 12.2. The van der Waals surface area contributed by atoms with Gasteiger partial charge in [0, 0.05) is 18.8 Å². The minimum absolute atomic E-state index is 0.0111. The first-order chi connectivity index (χ1) is 18.7. The highest BCUT2D eigenvalue weighted by Gasteiger charge is 2.31. The van der Waals surface area contributed by atoms with Gasteiger partial charge in [-0.25, -0.2) is 16.8 Å². The summed E-state index contributed by atoms with van der Waals surface area (Å²) in [5, 5.41) is 2.62. The zero-order valence-electron chi connectivity index (χ0n) is 21.4. The Balaban J connectivity index is 1.63. The van der Waals surface area contributed by atoms with Crippen LogP contribution in [0.15, 0.2) is 82.6 Å². The molecular weight excluding hydrogens is 546 g/mol. The number of morpholine rings is 1. The summed E-state index contributed by atoms with van der Waals surface area (Å²) in [6, 6.07) is 18.2. The third-order valence-corrected chi connectivity index (χ3v) is 9.72. The third-order valence-electron chi connectivity index (χ3n) is 6.01. The van der Waals surface area contributed by atoms with Gasteiger partial charge in [0.2, 0.25) is 15.9 Å². The number of rotatable bonds is 10. The van der Waals surface area contributed by atoms with Crippen molar-refractivity contribution >= 4 is 37.3 Å². The molecule has 1 amide bonds. The zero-order chi connectivity index (χ0) is 28.0. The van der Waals surface area contributed by atoms with Gasteiger partial charge in [0.15, 0.2) is 0 Å². The normalized spacial score (nSPS) is 14.4. The number of hydrogen-bond acceptors (Lipinski definition) is 8. The van der Waals surface area contributed by atoms with E-state index in [0.29, 0.717) is 5.75 Å². The summed E-state index contributed by atoms with van der Waals surface area (Å²) in [7, 11) is -5.21. The first-order valence-electron chi connectivity index (χ1n) is 11.9. The number of anilines is 2. The number of amides is 1. The molecule has 1 aliphatic rings. The first kappa shape index (κ1) is 28.4. The molecule has 0 atom stereocenters. The van der Waals surface area contributed by atoms with Crippen molar-refractivity contribution in [2.24, 2.45) is 0 Å². The van der Waals surface area contributed by atoms with E-state index in [4.69, 9.17) is 14.2 Å². The summed E-state index contributed by atoms with van der Waals surface area (Å²) in [6.45, 7) is 0.359. The fourth-order valence-corrected chi connectivity index (χ4v) is 7.03. The summed E-state index contributed by atoms with van der Waals surface area (Å²) in [5.74, 6) is -0.0382. The number of methoxy groups -OCH3 is 2. The van der Waals surface area contributed by atoms with E-state index in [-0.39, 0.29) is 53.2 Å². The molecule has 1 aliphatic heterocycles. The number of carbonyl (C=O) groups is 1. The van der Waals surface area contributed by atoms with Crippen LogP contribution in [0.3, 0.4) is 0 Å². The van der Waals surface area contributed by atoms with Crippen LogP contribution in [0.2, 0.25) is 0 Å². The van der Waals surface area contributed by atoms with Gasteiger partial charge in [-0.2, -0.15) is 4.31 Å². The maximum atomic E-state index is 13.5. The van der Waals surface area contributed by atoms with Crippen LogP contribution in [0, 0.1) is 0 Å². The van der Waals surface area contributed by atoms with Crippen molar-refractivity contribution in [2.75, 3.05) is 56.7 Å². The Hall–Kier alpha value is -3.65. The molecule has 13 heteroatoms. The topological polar surface area (TPSA) is 132 Å². The average molecular weight is 576 g/mol. The van der Waals surface area contributed by atoms with Crippen molar-refractivity contribution in [3.63, 3.8) is 0 Å². The maximum Gasteiger partial charge on any atom is 0.264 e. The Bertz CT molecular complexity index is 1510. The van der Waals surface area contributed by atoms with Gasteiger partial charge >= 0.3 is 0 Å². The maximum absolute atomic E-state index is 13.5. The van der Waals surface area contributed by atoms with E-state index < -0.39 is 32.5 Å². The Kier molecular flexibility index (Phi) is 8.75. The molecule has 1 heterocycles. The lowest BCUT2D eigenvalue weighted by Gasteiger charge is -2.27. The predicted octanol–water partition coefficient (Wildman–Crippen LogP) is 2.56. The Morgan fingerprint density at radius 2 is 1.59 bits per heavy atom. The monoisotopic (exact) mass is 575 g/mol. The molecule has 39 heavy (non-hydrogen) atoms. The van der Waals surface area contributed by atoms with Crippen molar-refractivity contribution in [3.8, 4) is 11.5 Å². The van der Waals surface area contributed by atoms with Gasteiger partial charge in [0.05, 0.1) is 38.0 Å². The van der Waals surface area contributed by atoms with Crippen LogP contribution in [-0.4, -0.2) is 74.1 Å². The number of sulfonamides is 2. The Labute approximate surface area is 228 Å². The summed E-state index contributed by atoms with van der Waals surface area (Å²) in [5.41, 5.74) is 0.416. The van der Waals surface area contributed by atoms with Crippen LogP contribution in [0.1, 0.15) is 0 Å². The molecule has 1 fully saturated rings. The van der Waals surface area contributed by atoms with Gasteiger partial charge in [-0.05, 0) is 54.6 Å². The molecule has 1 saturated heterocycles. The second-order valence-electron chi connectivity index (χ2n) is 8.45. The number of carbonyl (C=O) groups excluding carboxylic acids is 1. The lowest BCUT2D eigenvalue weighted by atomic mass is 10.3. The van der Waals surface area contributed by atoms with Gasteiger partial charge in [-0.3, -0.25) is 9.10 Å². The molecule has 3 aromatic rings. The Morgan fingerprint density at radius 3 is 2.21 bits per heavy atom. The minimum atomic E-state index is -4.12. The van der Waals surface area contributed by atoms with Crippen LogP contribution < -0.4 is 19.1 Å². The molecule has 0 saturated carbocycles. The summed E-state index contributed by atoms with van der Waals surface area (Å²) in [4.78, 5) is 13.1. The Morgan fingerprint density at radius 1 is 0.923 bits per heavy atom. The van der Waals surface area contributed by atoms with E-state index in [9.17, 15) is 21.6 Å². The zero-order valence-corrected chi connectivity index (χ0v) is 23.1. The van der Waals surface area contributed by atoms with Crippen molar-refractivity contribution in [1.29, 1.82) is 0 Å². The van der Waals surface area contributed by atoms with Crippen LogP contribution >= 0.6 is 0 Å². The highest BCUT2D eigenvalue weighted by molar-refractivity contribution is 7.92. The van der Waals surface area contributed by atoms with Crippen LogP contribution in [-0.2, 0) is 29.6 Å². The molecule has 0 aromatic heterocycles. The lowest BCUT2D eigenvalue weighted by molar-refractivity contribution is -0.114. The fourth-order valence-electron chi connectivity index (χ4n) is 4.00. The van der Waals surface area contributed by atoms with Gasteiger partial charge in [-0.1, -0.05) is 18.2 Å². The first-order valence-corrected chi connectivity index (χ1v) is 14.8. The second kappa shape index (κ2) is 12.0. The predicted molar refractivity (Wildman–Crippen MR) is 145 cm³/mol. The average Bonchev–Trinajstić information content (AvgIpc) is 2.97. The molecule has 0 bridgehead atoms. The standard InChI is InChI=1S/C26H29N3O8S2/c1-35-22-11-9-21(10-12-22)29(38(31,32)23-6-4-3-5-7-23)19-26(30)27-20-8-13-24(36-2)25(18-20)39(33,34)28-14-16-37-17-15-28/h3-13,18H,14-17,19H2,1-2H3,(H,27,30). The molecular formula is C26H29N3O8S2. The highest BCUT2D eigenvalue weighted by Crippen LogP contribution is 2.31. The SMILES string of the molecule is COc1ccc(N(CC(=O)Nc2ccc(OC)c(S(=O)(=O)N3CCOCC3)c2)S(=O)(=O)c2ccccc2)cc1. The van der Waals surface area contributed by atoms with Crippen molar-refractivity contribution < 1.29 is 35.8 Å². The lowest BCUT2D eigenvalue weighted by Crippen LogP contribution is -2.40. The minimum Gasteiger partial charge on any atom is -0.497 e. The molecule has 1 N–H and O–H groups in total. The van der Waals surface area contributed by atoms with Crippen LogP contribution in [0.25, 0.3) is 0 Å². The van der Waals surface area contributed by atoms with Crippen LogP contribution in [0.5, 0.6) is 11.5 Å².